The molecule has 1 N–H and O–H groups in total. The number of rotatable bonds is 5. The molecule has 0 aliphatic heterocycles. The molecule has 0 unspecified atom stereocenters. The Morgan fingerprint density at radius 1 is 1.23 bits per heavy atom. The van der Waals surface area contributed by atoms with E-state index in [0.717, 1.165) is 16.5 Å². The van der Waals surface area contributed by atoms with E-state index in [9.17, 15) is 10.1 Å². The second kappa shape index (κ2) is 8.64. The minimum Gasteiger partial charge on any atom is -0.482 e. The van der Waals surface area contributed by atoms with E-state index in [2.05, 4.69) is 15.4 Å². The van der Waals surface area contributed by atoms with E-state index in [0.29, 0.717) is 15.9 Å². The zero-order valence-corrected chi connectivity index (χ0v) is 17.8. The molecule has 0 atom stereocenters. The molecule has 0 saturated carbocycles. The van der Waals surface area contributed by atoms with E-state index in [4.69, 9.17) is 27.9 Å². The van der Waals surface area contributed by atoms with Crippen molar-refractivity contribution in [1.82, 2.24) is 14.8 Å². The summed E-state index contributed by atoms with van der Waals surface area (Å²) in [6.07, 6.45) is 1.37. The Hall–Kier alpha value is -3.60. The van der Waals surface area contributed by atoms with Crippen LogP contribution in [0.4, 0.5) is 5.82 Å². The van der Waals surface area contributed by atoms with Gasteiger partial charge in [0.15, 0.2) is 18.2 Å². The number of anilines is 1. The van der Waals surface area contributed by atoms with Crippen LogP contribution in [0.2, 0.25) is 10.0 Å². The van der Waals surface area contributed by atoms with Crippen LogP contribution in [0.15, 0.2) is 54.7 Å². The number of nitrogens with one attached hydrogen (secondary N) is 1. The Morgan fingerprint density at radius 2 is 2.03 bits per heavy atom. The minimum absolute atomic E-state index is 0.196. The number of halogens is 2. The molecule has 4 rings (SSSR count). The zero-order valence-electron chi connectivity index (χ0n) is 16.3. The number of fused-ring (bicyclic) bond motifs is 1. The number of carbonyl (C=O) groups is 1. The third-order valence-electron chi connectivity index (χ3n) is 4.53. The molecule has 0 radical (unpaired) electrons. The molecule has 1 amide bonds. The Bertz CT molecular complexity index is 1340. The lowest BCUT2D eigenvalue weighted by Gasteiger charge is -2.12. The first-order valence-corrected chi connectivity index (χ1v) is 9.94. The third-order valence-corrected chi connectivity index (χ3v) is 5.07. The van der Waals surface area contributed by atoms with Crippen molar-refractivity contribution in [2.24, 2.45) is 0 Å². The van der Waals surface area contributed by atoms with Gasteiger partial charge in [0.1, 0.15) is 17.4 Å². The normalized spacial score (nSPS) is 10.6. The second-order valence-corrected chi connectivity index (χ2v) is 7.50. The molecule has 0 spiro atoms. The number of pyridine rings is 1. The van der Waals surface area contributed by atoms with Gasteiger partial charge >= 0.3 is 0 Å². The number of amides is 1. The molecule has 0 saturated heterocycles. The number of nitriles is 1. The third kappa shape index (κ3) is 4.31. The highest BCUT2D eigenvalue weighted by molar-refractivity contribution is 6.34. The smallest absolute Gasteiger partial charge is 0.263 e. The van der Waals surface area contributed by atoms with Gasteiger partial charge in [-0.25, -0.2) is 4.98 Å². The van der Waals surface area contributed by atoms with Crippen LogP contribution in [0.25, 0.3) is 16.7 Å². The molecule has 0 aliphatic carbocycles. The molecule has 154 valence electrons. The van der Waals surface area contributed by atoms with Crippen molar-refractivity contribution in [3.05, 3.63) is 75.9 Å². The van der Waals surface area contributed by atoms with Crippen LogP contribution in [0.5, 0.6) is 5.75 Å². The van der Waals surface area contributed by atoms with Crippen LogP contribution in [-0.2, 0) is 4.79 Å². The second-order valence-electron chi connectivity index (χ2n) is 6.66. The highest BCUT2D eigenvalue weighted by atomic mass is 35.5. The van der Waals surface area contributed by atoms with E-state index in [1.54, 1.807) is 12.1 Å². The van der Waals surface area contributed by atoms with Crippen LogP contribution in [0, 0.1) is 18.3 Å². The number of benzene rings is 2. The van der Waals surface area contributed by atoms with Gasteiger partial charge in [0.05, 0.1) is 16.7 Å². The summed E-state index contributed by atoms with van der Waals surface area (Å²) in [5, 5.41) is 18.1. The quantitative estimate of drug-likeness (QED) is 0.464. The maximum absolute atomic E-state index is 12.5. The van der Waals surface area contributed by atoms with Gasteiger partial charge in [-0.05, 0) is 36.8 Å². The van der Waals surface area contributed by atoms with Gasteiger partial charge in [-0.2, -0.15) is 15.0 Å². The SMILES string of the molecule is Cc1cc(-n2ncc(C#N)c2NC(=O)COc2cc(Cl)ccc2Cl)nc2ccccc12. The highest BCUT2D eigenvalue weighted by Gasteiger charge is 2.17. The van der Waals surface area contributed by atoms with Crippen molar-refractivity contribution in [3.8, 4) is 17.6 Å². The fraction of sp³-hybridized carbons (Fsp3) is 0.0909. The number of hydrogen-bond acceptors (Lipinski definition) is 5. The molecule has 4 aromatic rings. The number of para-hydroxylation sites is 1. The van der Waals surface area contributed by atoms with Crippen molar-refractivity contribution < 1.29 is 9.53 Å². The average Bonchev–Trinajstić information content (AvgIpc) is 3.16. The molecule has 0 bridgehead atoms. The van der Waals surface area contributed by atoms with Crippen molar-refractivity contribution in [3.63, 3.8) is 0 Å². The van der Waals surface area contributed by atoms with Crippen LogP contribution in [0.3, 0.4) is 0 Å². The number of hydrogen-bond donors (Lipinski definition) is 1. The van der Waals surface area contributed by atoms with E-state index in [1.165, 1.54) is 16.9 Å². The monoisotopic (exact) mass is 451 g/mol. The van der Waals surface area contributed by atoms with Gasteiger partial charge < -0.3 is 10.1 Å². The Kier molecular flexibility index (Phi) is 5.76. The first-order valence-electron chi connectivity index (χ1n) is 9.19. The average molecular weight is 452 g/mol. The Balaban J connectivity index is 1.61. The Morgan fingerprint density at radius 3 is 2.84 bits per heavy atom. The van der Waals surface area contributed by atoms with Gasteiger partial charge in [0, 0.05) is 16.5 Å². The van der Waals surface area contributed by atoms with Crippen molar-refractivity contribution in [2.45, 2.75) is 6.92 Å². The van der Waals surface area contributed by atoms with Gasteiger partial charge in [0.25, 0.3) is 5.91 Å². The summed E-state index contributed by atoms with van der Waals surface area (Å²) in [6.45, 7) is 1.63. The van der Waals surface area contributed by atoms with Gasteiger partial charge in [-0.15, -0.1) is 0 Å². The number of carbonyl (C=O) groups excluding carboxylic acids is 1. The first-order chi connectivity index (χ1) is 15.0. The van der Waals surface area contributed by atoms with Gasteiger partial charge in [-0.1, -0.05) is 41.4 Å². The van der Waals surface area contributed by atoms with Gasteiger partial charge in [-0.3, -0.25) is 4.79 Å². The van der Waals surface area contributed by atoms with E-state index in [1.807, 2.05) is 43.3 Å². The number of aromatic nitrogens is 3. The molecule has 31 heavy (non-hydrogen) atoms. The predicted molar refractivity (Wildman–Crippen MR) is 119 cm³/mol. The molecule has 2 heterocycles. The Labute approximate surface area is 187 Å². The lowest BCUT2D eigenvalue weighted by atomic mass is 10.1. The molecular formula is C22H15Cl2N5O2. The molecule has 7 nitrogen and oxygen atoms in total. The van der Waals surface area contributed by atoms with Crippen molar-refractivity contribution in [1.29, 1.82) is 5.26 Å². The van der Waals surface area contributed by atoms with Crippen LogP contribution in [0.1, 0.15) is 11.1 Å². The fourth-order valence-corrected chi connectivity index (χ4v) is 3.40. The molecule has 2 aromatic heterocycles. The molecule has 0 aliphatic rings. The molecular weight excluding hydrogens is 437 g/mol. The fourth-order valence-electron chi connectivity index (χ4n) is 3.06. The summed E-state index contributed by atoms with van der Waals surface area (Å²) in [5.74, 6) is 0.472. The van der Waals surface area contributed by atoms with Crippen LogP contribution in [-0.4, -0.2) is 27.3 Å². The molecule has 0 fully saturated rings. The van der Waals surface area contributed by atoms with Gasteiger partial charge in [0.2, 0.25) is 0 Å². The summed E-state index contributed by atoms with van der Waals surface area (Å²) in [7, 11) is 0. The van der Waals surface area contributed by atoms with Crippen molar-refractivity contribution in [2.75, 3.05) is 11.9 Å². The standard InChI is InChI=1S/C22H15Cl2N5O2/c1-13-8-20(27-18-5-3-2-4-16(13)18)29-22(14(10-25)11-26-29)28-21(30)12-31-19-9-15(23)6-7-17(19)24/h2-9,11H,12H2,1H3,(H,28,30). The summed E-state index contributed by atoms with van der Waals surface area (Å²) in [5.41, 5.74) is 1.97. The summed E-state index contributed by atoms with van der Waals surface area (Å²) >= 11 is 12.0. The zero-order chi connectivity index (χ0) is 22.0. The summed E-state index contributed by atoms with van der Waals surface area (Å²) in [4.78, 5) is 17.1. The number of aryl methyl sites for hydroxylation is 1. The number of ether oxygens (including phenoxy) is 1. The minimum atomic E-state index is -0.494. The number of nitrogens with zero attached hydrogens (tertiary/aromatic N) is 4. The summed E-state index contributed by atoms with van der Waals surface area (Å²) in [6, 6.07) is 16.3. The topological polar surface area (TPSA) is 92.8 Å². The van der Waals surface area contributed by atoms with Crippen LogP contribution >= 0.6 is 23.2 Å². The largest absolute Gasteiger partial charge is 0.482 e. The van der Waals surface area contributed by atoms with E-state index >= 15 is 0 Å². The maximum Gasteiger partial charge on any atom is 0.263 e. The van der Waals surface area contributed by atoms with E-state index < -0.39 is 5.91 Å². The molecule has 2 aromatic carbocycles. The lowest BCUT2D eigenvalue weighted by molar-refractivity contribution is -0.118. The maximum atomic E-state index is 12.5. The van der Waals surface area contributed by atoms with Crippen LogP contribution < -0.4 is 10.1 Å². The molecule has 9 heteroatoms. The predicted octanol–water partition coefficient (Wildman–Crippen LogP) is 4.92. The lowest BCUT2D eigenvalue weighted by Crippen LogP contribution is -2.22. The highest BCUT2D eigenvalue weighted by Crippen LogP contribution is 2.28. The first kappa shape index (κ1) is 20.7. The van der Waals surface area contributed by atoms with E-state index in [-0.39, 0.29) is 23.7 Å². The van der Waals surface area contributed by atoms with Crippen molar-refractivity contribution >= 4 is 45.8 Å². The summed E-state index contributed by atoms with van der Waals surface area (Å²) < 4.78 is 6.89.